The molecule has 184 valence electrons. The van der Waals surface area contributed by atoms with Gasteiger partial charge in [0.15, 0.2) is 9.84 Å². The second-order valence-electron chi connectivity index (χ2n) is 8.75. The predicted octanol–water partition coefficient (Wildman–Crippen LogP) is 2.13. The van der Waals surface area contributed by atoms with E-state index in [1.807, 2.05) is 0 Å². The van der Waals surface area contributed by atoms with Gasteiger partial charge in [-0.2, -0.15) is 5.26 Å². The van der Waals surface area contributed by atoms with E-state index >= 15 is 0 Å². The molecule has 35 heavy (non-hydrogen) atoms. The molecule has 1 fully saturated rings. The number of urea groups is 1. The second kappa shape index (κ2) is 10.2. The quantitative estimate of drug-likeness (QED) is 0.221. The zero-order valence-corrected chi connectivity index (χ0v) is 20.2. The molecule has 0 spiro atoms. The Morgan fingerprint density at radius 2 is 1.91 bits per heavy atom. The highest BCUT2D eigenvalue weighted by Crippen LogP contribution is 2.30. The minimum Gasteiger partial charge on any atom is -0.324 e. The highest BCUT2D eigenvalue weighted by molar-refractivity contribution is 7.91. The molecule has 0 aromatic heterocycles. The Morgan fingerprint density at radius 3 is 2.54 bits per heavy atom. The average Bonchev–Trinajstić information content (AvgIpc) is 3.02. The van der Waals surface area contributed by atoms with Crippen molar-refractivity contribution in [3.8, 4) is 17.2 Å². The summed E-state index contributed by atoms with van der Waals surface area (Å²) in [7, 11) is -4.04. The summed E-state index contributed by atoms with van der Waals surface area (Å²) in [4.78, 5) is 36.8. The van der Waals surface area contributed by atoms with E-state index in [1.165, 1.54) is 6.07 Å². The van der Waals surface area contributed by atoms with Crippen LogP contribution in [0.3, 0.4) is 0 Å². The van der Waals surface area contributed by atoms with Gasteiger partial charge >= 0.3 is 6.03 Å². The van der Waals surface area contributed by atoms with Gasteiger partial charge in [-0.3, -0.25) is 19.7 Å². The van der Waals surface area contributed by atoms with Gasteiger partial charge in [0, 0.05) is 12.1 Å². The number of hydroxylamine groups is 2. The normalized spacial score (nSPS) is 15.9. The first-order chi connectivity index (χ1) is 16.5. The van der Waals surface area contributed by atoms with Crippen LogP contribution in [0, 0.1) is 11.3 Å². The van der Waals surface area contributed by atoms with Gasteiger partial charge in [-0.05, 0) is 37.5 Å². The van der Waals surface area contributed by atoms with Crippen LogP contribution < -0.4 is 5.32 Å². The number of nitrogens with zero attached hydrogens (tertiary/aromatic N) is 3. The topological polar surface area (TPSA) is 148 Å². The number of amides is 4. The van der Waals surface area contributed by atoms with Gasteiger partial charge in [-0.1, -0.05) is 42.5 Å². The molecule has 1 saturated heterocycles. The lowest BCUT2D eigenvalue weighted by Crippen LogP contribution is -2.42. The number of carbonyl (C=O) groups excluding carboxylic acids is 3. The number of sulfone groups is 1. The first-order valence-electron chi connectivity index (χ1n) is 10.8. The minimum absolute atomic E-state index is 0.00506. The molecule has 2 aromatic carbocycles. The second-order valence-corrected chi connectivity index (χ2v) is 10.8. The van der Waals surface area contributed by atoms with Crippen molar-refractivity contribution < 1.29 is 28.0 Å². The number of benzene rings is 2. The Hall–Kier alpha value is -3.75. The fourth-order valence-electron chi connectivity index (χ4n) is 3.94. The molecule has 1 atom stereocenters. The third-order valence-corrected chi connectivity index (χ3v) is 7.62. The molecule has 0 bridgehead atoms. The van der Waals surface area contributed by atoms with Crippen LogP contribution >= 0.6 is 0 Å². The fourth-order valence-corrected chi connectivity index (χ4v) is 5.75. The predicted molar refractivity (Wildman–Crippen MR) is 126 cm³/mol. The summed E-state index contributed by atoms with van der Waals surface area (Å²) in [6, 6.07) is 13.5. The van der Waals surface area contributed by atoms with Crippen molar-refractivity contribution in [3.63, 3.8) is 0 Å². The molecule has 4 amide bonds. The van der Waals surface area contributed by atoms with Crippen molar-refractivity contribution in [2.45, 2.75) is 43.2 Å². The third-order valence-electron chi connectivity index (χ3n) is 5.77. The van der Waals surface area contributed by atoms with Gasteiger partial charge in [0.25, 0.3) is 5.91 Å². The zero-order chi connectivity index (χ0) is 25.8. The fraction of sp³-hybridized carbons (Fsp3) is 0.333. The number of carbonyl (C=O) groups is 3. The van der Waals surface area contributed by atoms with E-state index in [-0.39, 0.29) is 35.8 Å². The van der Waals surface area contributed by atoms with E-state index in [9.17, 15) is 28.0 Å². The molecule has 0 saturated carbocycles. The maximum atomic E-state index is 13.4. The smallest absolute Gasteiger partial charge is 0.324 e. The lowest BCUT2D eigenvalue weighted by molar-refractivity contribution is -0.158. The van der Waals surface area contributed by atoms with Gasteiger partial charge in [0.05, 0.1) is 29.2 Å². The van der Waals surface area contributed by atoms with E-state index < -0.39 is 39.1 Å². The first-order valence-corrected chi connectivity index (χ1v) is 12.5. The Morgan fingerprint density at radius 1 is 1.20 bits per heavy atom. The monoisotopic (exact) mass is 498 g/mol. The summed E-state index contributed by atoms with van der Waals surface area (Å²) in [5.41, 5.74) is 0.652. The zero-order valence-electron chi connectivity index (χ0n) is 19.3. The minimum atomic E-state index is -4.04. The molecule has 0 radical (unpaired) electrons. The average molecular weight is 499 g/mol. The number of nitrogens with one attached hydrogen (secondary N) is 1. The van der Waals surface area contributed by atoms with Crippen LogP contribution in [-0.4, -0.2) is 65.8 Å². The standard InChI is InChI=1S/C24H26N4O6S/c1-24(2)22(30)27(23(31)26-24)13-11-19(28(32)16-29)15-35(33,34)21-9-4-3-8-20(21)18-7-5-6-17(14-18)10-12-25/h3-9,14,16,19,32H,10-11,13,15H2,1-2H3,(H,26,31). The lowest BCUT2D eigenvalue weighted by Gasteiger charge is -2.25. The van der Waals surface area contributed by atoms with Crippen LogP contribution in [0.4, 0.5) is 4.79 Å². The Kier molecular flexibility index (Phi) is 7.57. The van der Waals surface area contributed by atoms with E-state index in [2.05, 4.69) is 11.4 Å². The Labute approximate surface area is 203 Å². The summed E-state index contributed by atoms with van der Waals surface area (Å²) in [6.07, 6.45) is 0.111. The Balaban J connectivity index is 1.88. The molecule has 11 heteroatoms. The van der Waals surface area contributed by atoms with Crippen molar-refractivity contribution >= 4 is 28.2 Å². The molecular formula is C24H26N4O6S. The van der Waals surface area contributed by atoms with Crippen LogP contribution in [0.1, 0.15) is 25.8 Å². The third kappa shape index (κ3) is 5.67. The van der Waals surface area contributed by atoms with Gasteiger partial charge in [-0.25, -0.2) is 18.3 Å². The maximum absolute atomic E-state index is 13.4. The SMILES string of the molecule is CC1(C)NC(=O)N(CCC(CS(=O)(=O)c2ccccc2-c2cccc(CC#N)c2)N(O)C=O)C1=O. The number of nitriles is 1. The van der Waals surface area contributed by atoms with Crippen molar-refractivity contribution in [2.24, 2.45) is 0 Å². The molecule has 1 heterocycles. The summed E-state index contributed by atoms with van der Waals surface area (Å²) in [6.45, 7) is 2.90. The number of hydrogen-bond acceptors (Lipinski definition) is 7. The molecule has 1 aliphatic heterocycles. The highest BCUT2D eigenvalue weighted by atomic mass is 32.2. The van der Waals surface area contributed by atoms with Gasteiger partial charge in [0.1, 0.15) is 5.54 Å². The lowest BCUT2D eigenvalue weighted by atomic mass is 10.0. The van der Waals surface area contributed by atoms with Crippen molar-refractivity contribution in [3.05, 3.63) is 54.1 Å². The van der Waals surface area contributed by atoms with E-state index in [4.69, 9.17) is 5.26 Å². The van der Waals surface area contributed by atoms with Crippen molar-refractivity contribution in [2.75, 3.05) is 12.3 Å². The van der Waals surface area contributed by atoms with Gasteiger partial charge < -0.3 is 5.32 Å². The molecule has 10 nitrogen and oxygen atoms in total. The first kappa shape index (κ1) is 25.9. The van der Waals surface area contributed by atoms with E-state index in [0.717, 1.165) is 10.5 Å². The maximum Gasteiger partial charge on any atom is 0.325 e. The molecule has 0 aliphatic carbocycles. The van der Waals surface area contributed by atoms with Crippen LogP contribution in [0.2, 0.25) is 0 Å². The van der Waals surface area contributed by atoms with Crippen LogP contribution in [-0.2, 0) is 25.8 Å². The van der Waals surface area contributed by atoms with Crippen LogP contribution in [0.25, 0.3) is 11.1 Å². The Bertz CT molecular complexity index is 1280. The molecular weight excluding hydrogens is 472 g/mol. The molecule has 2 aromatic rings. The van der Waals surface area contributed by atoms with E-state index in [0.29, 0.717) is 11.1 Å². The molecule has 1 aliphatic rings. The van der Waals surface area contributed by atoms with E-state index in [1.54, 1.807) is 56.3 Å². The molecule has 3 rings (SSSR count). The molecule has 2 N–H and O–H groups in total. The molecule has 1 unspecified atom stereocenters. The van der Waals surface area contributed by atoms with Crippen molar-refractivity contribution in [1.29, 1.82) is 5.26 Å². The van der Waals surface area contributed by atoms with Gasteiger partial charge in [0.2, 0.25) is 6.41 Å². The largest absolute Gasteiger partial charge is 0.325 e. The highest BCUT2D eigenvalue weighted by Gasteiger charge is 2.44. The number of rotatable bonds is 10. The summed E-state index contributed by atoms with van der Waals surface area (Å²) < 4.78 is 26.9. The van der Waals surface area contributed by atoms with Crippen molar-refractivity contribution in [1.82, 2.24) is 15.3 Å². The number of imide groups is 1. The summed E-state index contributed by atoms with van der Waals surface area (Å²) in [5, 5.41) is 21.8. The van der Waals surface area contributed by atoms with Gasteiger partial charge in [-0.15, -0.1) is 0 Å². The summed E-state index contributed by atoms with van der Waals surface area (Å²) >= 11 is 0. The van der Waals surface area contributed by atoms with Crippen LogP contribution in [0.5, 0.6) is 0 Å². The number of hydrogen-bond donors (Lipinski definition) is 2. The summed E-state index contributed by atoms with van der Waals surface area (Å²) in [5.74, 6) is -1.12. The van der Waals surface area contributed by atoms with Crippen LogP contribution in [0.15, 0.2) is 53.4 Å².